The quantitative estimate of drug-likeness (QED) is 0.107. The maximum absolute atomic E-state index is 14.3. The first-order valence-electron chi connectivity index (χ1n) is 15.5. The predicted molar refractivity (Wildman–Crippen MR) is 182 cm³/mol. The number of pyridine rings is 1. The van der Waals surface area contributed by atoms with Crippen molar-refractivity contribution in [2.75, 3.05) is 0 Å². The van der Waals surface area contributed by atoms with Gasteiger partial charge in [-0.1, -0.05) is 26.0 Å². The lowest BCUT2D eigenvalue weighted by Gasteiger charge is -2.42. The highest BCUT2D eigenvalue weighted by Crippen LogP contribution is 2.59. The molecule has 0 amide bonds. The molecule has 0 bridgehead atoms. The highest BCUT2D eigenvalue weighted by Gasteiger charge is 2.45. The number of aromatic nitrogens is 1. The van der Waals surface area contributed by atoms with E-state index in [4.69, 9.17) is 13.9 Å². The number of rotatable bonds is 3. The minimum absolute atomic E-state index is 0.0658. The Hall–Kier alpha value is -5.18. The molecular weight excluding hydrogens is 598 g/mol. The molecule has 0 fully saturated rings. The van der Waals surface area contributed by atoms with Crippen molar-refractivity contribution < 1.29 is 29.2 Å². The molecule has 2 aliphatic rings. The third kappa shape index (κ3) is 4.28. The number of aryl methyl sites for hydroxylation is 1. The van der Waals surface area contributed by atoms with Gasteiger partial charge >= 0.3 is 5.63 Å². The molecule has 47 heavy (non-hydrogen) atoms. The lowest BCUT2D eigenvalue weighted by molar-refractivity contribution is 0.0728. The van der Waals surface area contributed by atoms with Crippen molar-refractivity contribution in [2.24, 2.45) is 7.05 Å². The molecule has 2 aromatic heterocycles. The van der Waals surface area contributed by atoms with Gasteiger partial charge in [0, 0.05) is 46.7 Å². The summed E-state index contributed by atoms with van der Waals surface area (Å²) < 4.78 is 20.7. The summed E-state index contributed by atoms with van der Waals surface area (Å²) in [5, 5.41) is 35.9. The minimum Gasteiger partial charge on any atom is -0.507 e. The monoisotopic (exact) mass is 635 g/mol. The van der Waals surface area contributed by atoms with Gasteiger partial charge in [-0.15, -0.1) is 6.58 Å². The Morgan fingerprint density at radius 2 is 1.64 bits per heavy atom. The van der Waals surface area contributed by atoms with Gasteiger partial charge in [0.1, 0.15) is 45.5 Å². The standard InChI is InChI=1S/C38H37NO8/c1-9-36(2,3)27-34-20(13-14-23(41)45-34)31(43)24-21(17-38(6,7)47-35(24)27)25-32(44)26-29(19-15-16-37(4,5)46-33(19)25)39(8)28-18(30(26)42)11-10-12-22(28)40/h9-16,21,40,43-44H,1,17H2,2-8H3. The fourth-order valence-corrected chi connectivity index (χ4v) is 7.34. The second-order valence-electron chi connectivity index (χ2n) is 14.3. The van der Waals surface area contributed by atoms with E-state index >= 15 is 0 Å². The van der Waals surface area contributed by atoms with Crippen molar-refractivity contribution in [3.63, 3.8) is 0 Å². The van der Waals surface area contributed by atoms with Crippen LogP contribution in [-0.4, -0.2) is 31.1 Å². The number of fused-ring (bicyclic) bond motifs is 6. The van der Waals surface area contributed by atoms with Gasteiger partial charge < -0.3 is 33.8 Å². The van der Waals surface area contributed by atoms with Gasteiger partial charge in [-0.3, -0.25) is 4.79 Å². The molecule has 1 unspecified atom stereocenters. The van der Waals surface area contributed by atoms with Gasteiger partial charge in [0.15, 0.2) is 0 Å². The van der Waals surface area contributed by atoms with Crippen LogP contribution in [0.1, 0.15) is 76.1 Å². The molecule has 0 aliphatic carbocycles. The van der Waals surface area contributed by atoms with Crippen LogP contribution in [0.25, 0.3) is 38.9 Å². The zero-order valence-corrected chi connectivity index (χ0v) is 27.4. The van der Waals surface area contributed by atoms with E-state index in [2.05, 4.69) is 6.58 Å². The van der Waals surface area contributed by atoms with Crippen LogP contribution in [0.15, 0.2) is 63.1 Å². The largest absolute Gasteiger partial charge is 0.507 e. The van der Waals surface area contributed by atoms with Crippen LogP contribution in [0, 0.1) is 0 Å². The maximum Gasteiger partial charge on any atom is 0.336 e. The molecule has 242 valence electrons. The summed E-state index contributed by atoms with van der Waals surface area (Å²) in [5.74, 6) is -0.598. The molecule has 9 heteroatoms. The number of para-hydroxylation sites is 1. The number of ether oxygens (including phenoxy) is 2. The lowest BCUT2D eigenvalue weighted by atomic mass is 9.73. The molecule has 5 aromatic rings. The summed E-state index contributed by atoms with van der Waals surface area (Å²) in [6.07, 6.45) is 5.77. The second-order valence-corrected chi connectivity index (χ2v) is 14.3. The first kappa shape index (κ1) is 30.5. The summed E-state index contributed by atoms with van der Waals surface area (Å²) in [6.45, 7) is 15.4. The highest BCUT2D eigenvalue weighted by molar-refractivity contribution is 6.05. The van der Waals surface area contributed by atoms with Gasteiger partial charge in [-0.2, -0.15) is 0 Å². The van der Waals surface area contributed by atoms with Crippen LogP contribution in [0.2, 0.25) is 0 Å². The molecule has 2 aliphatic heterocycles. The number of aromatic hydroxyl groups is 3. The molecule has 4 heterocycles. The Morgan fingerprint density at radius 1 is 0.936 bits per heavy atom. The summed E-state index contributed by atoms with van der Waals surface area (Å²) in [6, 6.07) is 7.49. The number of hydrogen-bond donors (Lipinski definition) is 3. The van der Waals surface area contributed by atoms with Crippen LogP contribution >= 0.6 is 0 Å². The van der Waals surface area contributed by atoms with E-state index in [0.717, 1.165) is 0 Å². The van der Waals surface area contributed by atoms with E-state index in [0.29, 0.717) is 50.2 Å². The topological polar surface area (TPSA) is 131 Å². The zero-order valence-electron chi connectivity index (χ0n) is 27.4. The molecule has 9 nitrogen and oxygen atoms in total. The van der Waals surface area contributed by atoms with E-state index in [1.54, 1.807) is 29.8 Å². The van der Waals surface area contributed by atoms with Crippen molar-refractivity contribution in [1.29, 1.82) is 0 Å². The average molecular weight is 636 g/mol. The smallest absolute Gasteiger partial charge is 0.336 e. The van der Waals surface area contributed by atoms with Crippen LogP contribution in [-0.2, 0) is 12.5 Å². The average Bonchev–Trinajstić information content (AvgIpc) is 2.97. The summed E-state index contributed by atoms with van der Waals surface area (Å²) >= 11 is 0. The first-order chi connectivity index (χ1) is 22.0. The van der Waals surface area contributed by atoms with E-state index in [1.165, 1.54) is 18.2 Å². The zero-order chi connectivity index (χ0) is 34.0. The van der Waals surface area contributed by atoms with Crippen molar-refractivity contribution in [3.05, 3.63) is 92.0 Å². The first-order valence-corrected chi connectivity index (χ1v) is 15.5. The minimum atomic E-state index is -0.854. The Morgan fingerprint density at radius 3 is 2.34 bits per heavy atom. The van der Waals surface area contributed by atoms with Crippen molar-refractivity contribution in [1.82, 2.24) is 4.57 Å². The SMILES string of the molecule is C=CC(C)(C)c1c2c(c(O)c3ccc(=O)oc13)C(c1c3c(c4c(c1O)c(=O)c1cccc(O)c1n4C)C=CC(C)(C)O3)CC(C)(C)O2. The second kappa shape index (κ2) is 9.67. The molecule has 0 saturated heterocycles. The molecule has 7 rings (SSSR count). The number of phenolic OH excluding ortho intramolecular Hbond substituents is 3. The third-order valence-corrected chi connectivity index (χ3v) is 9.61. The van der Waals surface area contributed by atoms with E-state index < -0.39 is 33.6 Å². The molecule has 1 atom stereocenters. The van der Waals surface area contributed by atoms with Gasteiger partial charge in [0.05, 0.1) is 27.2 Å². The lowest BCUT2D eigenvalue weighted by Crippen LogP contribution is -2.37. The summed E-state index contributed by atoms with van der Waals surface area (Å²) in [7, 11) is 1.74. The molecule has 3 N–H and O–H groups in total. The summed E-state index contributed by atoms with van der Waals surface area (Å²) in [5.41, 5.74) is -0.758. The number of nitrogens with zero attached hydrogens (tertiary/aromatic N) is 1. The van der Waals surface area contributed by atoms with Crippen LogP contribution in [0.4, 0.5) is 0 Å². The third-order valence-electron chi connectivity index (χ3n) is 9.61. The van der Waals surface area contributed by atoms with E-state index in [-0.39, 0.29) is 40.0 Å². The number of benzene rings is 3. The Balaban J connectivity index is 1.70. The Bertz CT molecular complexity index is 2370. The predicted octanol–water partition coefficient (Wildman–Crippen LogP) is 7.26. The van der Waals surface area contributed by atoms with Gasteiger partial charge in [-0.05, 0) is 64.5 Å². The molecule has 3 aromatic carbocycles. The number of allylic oxidation sites excluding steroid dienone is 1. The van der Waals surface area contributed by atoms with Gasteiger partial charge in [0.25, 0.3) is 0 Å². The van der Waals surface area contributed by atoms with Crippen molar-refractivity contribution >= 4 is 38.9 Å². The Labute approximate surface area is 270 Å². The number of hydrogen-bond acceptors (Lipinski definition) is 8. The molecule has 0 radical (unpaired) electrons. The molecular formula is C38H37NO8. The highest BCUT2D eigenvalue weighted by atomic mass is 16.5. The number of phenols is 3. The molecule has 0 saturated carbocycles. The fourth-order valence-electron chi connectivity index (χ4n) is 7.34. The van der Waals surface area contributed by atoms with Crippen LogP contribution in [0.3, 0.4) is 0 Å². The van der Waals surface area contributed by atoms with Gasteiger partial charge in [0.2, 0.25) is 5.43 Å². The summed E-state index contributed by atoms with van der Waals surface area (Å²) in [4.78, 5) is 26.7. The van der Waals surface area contributed by atoms with Crippen molar-refractivity contribution in [2.45, 2.75) is 70.5 Å². The van der Waals surface area contributed by atoms with Crippen LogP contribution in [0.5, 0.6) is 28.7 Å². The van der Waals surface area contributed by atoms with Crippen LogP contribution < -0.4 is 20.5 Å². The Kier molecular flexibility index (Phi) is 6.27. The normalized spacial score (nSPS) is 18.1. The van der Waals surface area contributed by atoms with E-state index in [1.807, 2.05) is 53.7 Å². The maximum atomic E-state index is 14.3. The molecule has 0 spiro atoms. The van der Waals surface area contributed by atoms with E-state index in [9.17, 15) is 24.9 Å². The fraction of sp³-hybridized carbons (Fsp3) is 0.316. The van der Waals surface area contributed by atoms with Gasteiger partial charge in [-0.25, -0.2) is 4.79 Å². The van der Waals surface area contributed by atoms with Crippen molar-refractivity contribution in [3.8, 4) is 28.7 Å².